The van der Waals surface area contributed by atoms with E-state index in [1.165, 1.54) is 7.11 Å². The molecule has 4 aliphatic rings. The first-order chi connectivity index (χ1) is 12.2. The number of hydrogen-bond donors (Lipinski definition) is 4. The first kappa shape index (κ1) is 16.9. The van der Waals surface area contributed by atoms with Gasteiger partial charge in [0, 0.05) is 19.8 Å². The lowest BCUT2D eigenvalue weighted by molar-refractivity contribution is -0.137. The Morgan fingerprint density at radius 2 is 2.04 bits per heavy atom. The monoisotopic (exact) mass is 351 g/mol. The van der Waals surface area contributed by atoms with Gasteiger partial charge in [-0.25, -0.2) is 15.6 Å². The van der Waals surface area contributed by atoms with Gasteiger partial charge in [-0.1, -0.05) is 0 Å². The molecule has 9 nitrogen and oxygen atoms in total. The van der Waals surface area contributed by atoms with Crippen LogP contribution in [0.4, 0.5) is 0 Å². The van der Waals surface area contributed by atoms with E-state index in [1.54, 1.807) is 0 Å². The third kappa shape index (κ3) is 3.18. The lowest BCUT2D eigenvalue weighted by Gasteiger charge is -2.35. The molecule has 0 aromatic heterocycles. The number of carbonyl (C=O) groups excluding carboxylic acids is 2. The van der Waals surface area contributed by atoms with Gasteiger partial charge in [-0.15, -0.1) is 0 Å². The Morgan fingerprint density at radius 1 is 1.20 bits per heavy atom. The van der Waals surface area contributed by atoms with E-state index in [4.69, 9.17) is 9.47 Å². The van der Waals surface area contributed by atoms with Gasteiger partial charge in [0.25, 0.3) is 0 Å². The number of carbonyl (C=O) groups is 2. The van der Waals surface area contributed by atoms with Crippen LogP contribution >= 0.6 is 0 Å². The normalized spacial score (nSPS) is 35.2. The molecule has 9 heteroatoms. The third-order valence-corrected chi connectivity index (χ3v) is 5.42. The summed E-state index contributed by atoms with van der Waals surface area (Å²) in [5.41, 5.74) is 7.40. The molecule has 3 saturated heterocycles. The zero-order valence-corrected chi connectivity index (χ0v) is 14.3. The van der Waals surface area contributed by atoms with Crippen LogP contribution in [0.15, 0.2) is 11.3 Å². The summed E-state index contributed by atoms with van der Waals surface area (Å²) in [6.07, 6.45) is 3.01. The van der Waals surface area contributed by atoms with Crippen LogP contribution in [0.25, 0.3) is 0 Å². The first-order valence-electron chi connectivity index (χ1n) is 8.92. The van der Waals surface area contributed by atoms with Crippen LogP contribution in [-0.4, -0.2) is 68.1 Å². The zero-order valence-electron chi connectivity index (χ0n) is 14.3. The minimum Gasteiger partial charge on any atom is -0.466 e. The number of methoxy groups -OCH3 is 1. The van der Waals surface area contributed by atoms with Gasteiger partial charge >= 0.3 is 5.97 Å². The molecule has 0 aliphatic carbocycles. The highest BCUT2D eigenvalue weighted by atomic mass is 16.5. The van der Waals surface area contributed by atoms with Crippen molar-refractivity contribution >= 4 is 11.9 Å². The number of hydrazine groups is 1. The topological polar surface area (TPSA) is 104 Å². The summed E-state index contributed by atoms with van der Waals surface area (Å²) in [5.74, 6) is -0.558. The predicted molar refractivity (Wildman–Crippen MR) is 87.7 cm³/mol. The van der Waals surface area contributed by atoms with Crippen LogP contribution in [0.2, 0.25) is 0 Å². The first-order valence-corrected chi connectivity index (χ1v) is 8.92. The number of ether oxygens (including phenoxy) is 2. The number of rotatable bonds is 4. The minimum absolute atomic E-state index is 0.141. The summed E-state index contributed by atoms with van der Waals surface area (Å²) in [6.45, 7) is 2.87. The van der Waals surface area contributed by atoms with Crippen molar-refractivity contribution < 1.29 is 19.1 Å². The zero-order chi connectivity index (χ0) is 17.4. The van der Waals surface area contributed by atoms with Gasteiger partial charge in [0.15, 0.2) is 0 Å². The maximum atomic E-state index is 12.6. The molecular formula is C16H25N5O4. The van der Waals surface area contributed by atoms with E-state index in [-0.39, 0.29) is 30.3 Å². The van der Waals surface area contributed by atoms with Gasteiger partial charge in [0.05, 0.1) is 36.8 Å². The Bertz CT molecular complexity index is 581. The summed E-state index contributed by atoms with van der Waals surface area (Å²) >= 11 is 0. The van der Waals surface area contributed by atoms with Crippen LogP contribution in [0.3, 0.4) is 0 Å². The molecule has 4 aliphatic heterocycles. The number of nitrogens with one attached hydrogen (secondary N) is 4. The fraction of sp³-hybridized carbons (Fsp3) is 0.750. The average Bonchev–Trinajstić information content (AvgIpc) is 3.38. The van der Waals surface area contributed by atoms with Crippen molar-refractivity contribution in [3.8, 4) is 0 Å². The van der Waals surface area contributed by atoms with Crippen molar-refractivity contribution in [1.29, 1.82) is 0 Å². The second-order valence-corrected chi connectivity index (χ2v) is 6.90. The largest absolute Gasteiger partial charge is 0.466 e. The Hall–Kier alpha value is -1.52. The molecule has 4 unspecified atom stereocenters. The molecule has 4 N–H and O–H groups in total. The van der Waals surface area contributed by atoms with Crippen molar-refractivity contribution in [1.82, 2.24) is 26.4 Å². The lowest BCUT2D eigenvalue weighted by Crippen LogP contribution is -2.61. The summed E-state index contributed by atoms with van der Waals surface area (Å²) in [4.78, 5) is 27.0. The van der Waals surface area contributed by atoms with Gasteiger partial charge in [-0.2, -0.15) is 0 Å². The quantitative estimate of drug-likeness (QED) is 0.456. The highest BCUT2D eigenvalue weighted by Gasteiger charge is 2.45. The standard InChI is InChI=1S/C16H25N5O4/c1-24-16(23)13-10-3-4-11(25-10)14(13)18-15(22)9-2-5-12(20-19-9)21-7-6-17-8-21/h9-12,17,19-20H,2-8H2,1H3,(H,18,22). The van der Waals surface area contributed by atoms with Crippen LogP contribution in [0.1, 0.15) is 25.7 Å². The Labute approximate surface area is 146 Å². The van der Waals surface area contributed by atoms with Crippen molar-refractivity contribution in [3.63, 3.8) is 0 Å². The maximum absolute atomic E-state index is 12.6. The van der Waals surface area contributed by atoms with E-state index >= 15 is 0 Å². The number of hydrogen-bond acceptors (Lipinski definition) is 8. The maximum Gasteiger partial charge on any atom is 0.338 e. The number of esters is 1. The minimum atomic E-state index is -0.418. The Kier molecular flexibility index (Phi) is 4.74. The average molecular weight is 351 g/mol. The molecule has 1 amide bonds. The predicted octanol–water partition coefficient (Wildman–Crippen LogP) is -1.46. The third-order valence-electron chi connectivity index (χ3n) is 5.42. The van der Waals surface area contributed by atoms with Gasteiger partial charge in [0.1, 0.15) is 6.04 Å². The summed E-state index contributed by atoms with van der Waals surface area (Å²) in [6, 6.07) is -0.336. The molecule has 3 fully saturated rings. The van der Waals surface area contributed by atoms with E-state index in [9.17, 15) is 9.59 Å². The molecule has 4 atom stereocenters. The second-order valence-electron chi connectivity index (χ2n) is 6.90. The second kappa shape index (κ2) is 7.00. The summed E-state index contributed by atoms with van der Waals surface area (Å²) in [5, 5.41) is 6.22. The van der Waals surface area contributed by atoms with E-state index < -0.39 is 5.97 Å². The smallest absolute Gasteiger partial charge is 0.338 e. The van der Waals surface area contributed by atoms with Crippen molar-refractivity contribution in [2.24, 2.45) is 0 Å². The summed E-state index contributed by atoms with van der Waals surface area (Å²) < 4.78 is 10.6. The molecule has 4 rings (SSSR count). The highest BCUT2D eigenvalue weighted by Crippen LogP contribution is 2.38. The van der Waals surface area contributed by atoms with Crippen LogP contribution in [-0.2, 0) is 19.1 Å². The molecule has 4 heterocycles. The Balaban J connectivity index is 1.37. The van der Waals surface area contributed by atoms with Gasteiger partial charge < -0.3 is 20.1 Å². The highest BCUT2D eigenvalue weighted by molar-refractivity contribution is 5.93. The van der Waals surface area contributed by atoms with Gasteiger partial charge in [0.2, 0.25) is 5.91 Å². The van der Waals surface area contributed by atoms with Gasteiger partial charge in [-0.3, -0.25) is 9.69 Å². The molecule has 0 aromatic rings. The number of nitrogens with zero attached hydrogens (tertiary/aromatic N) is 1. The fourth-order valence-electron chi connectivity index (χ4n) is 4.05. The number of amides is 1. The molecule has 2 bridgehead atoms. The van der Waals surface area contributed by atoms with E-state index in [0.29, 0.717) is 11.3 Å². The lowest BCUT2D eigenvalue weighted by atomic mass is 9.95. The fourth-order valence-corrected chi connectivity index (χ4v) is 4.05. The van der Waals surface area contributed by atoms with Crippen LogP contribution in [0.5, 0.6) is 0 Å². The summed E-state index contributed by atoms with van der Waals surface area (Å²) in [7, 11) is 1.35. The van der Waals surface area contributed by atoms with Crippen molar-refractivity contribution in [3.05, 3.63) is 11.3 Å². The molecule has 0 spiro atoms. The van der Waals surface area contributed by atoms with Gasteiger partial charge in [-0.05, 0) is 25.7 Å². The molecule has 0 radical (unpaired) electrons. The SMILES string of the molecule is COC(=O)C1=C(NC(=O)C2CCC(N3CCNC3)NN2)C2CCC1O2. The van der Waals surface area contributed by atoms with E-state index in [2.05, 4.69) is 26.4 Å². The van der Waals surface area contributed by atoms with Crippen molar-refractivity contribution in [2.75, 3.05) is 26.9 Å². The Morgan fingerprint density at radius 3 is 2.72 bits per heavy atom. The van der Waals surface area contributed by atoms with Crippen molar-refractivity contribution in [2.45, 2.75) is 50.1 Å². The molecule has 25 heavy (non-hydrogen) atoms. The molecular weight excluding hydrogens is 326 g/mol. The number of fused-ring (bicyclic) bond motifs is 2. The van der Waals surface area contributed by atoms with E-state index in [0.717, 1.165) is 45.4 Å². The molecule has 138 valence electrons. The van der Waals surface area contributed by atoms with Crippen LogP contribution < -0.4 is 21.5 Å². The van der Waals surface area contributed by atoms with Crippen LogP contribution in [0, 0.1) is 0 Å². The molecule has 0 aromatic carbocycles. The molecule has 0 saturated carbocycles. The van der Waals surface area contributed by atoms with E-state index in [1.807, 2.05) is 0 Å².